The third-order valence-electron chi connectivity index (χ3n) is 4.17. The molecular formula is C19H21N3O4. The zero-order chi connectivity index (χ0) is 18.5. The summed E-state index contributed by atoms with van der Waals surface area (Å²) in [5.41, 5.74) is 2.58. The van der Waals surface area contributed by atoms with Crippen molar-refractivity contribution in [2.75, 3.05) is 41.8 Å². The van der Waals surface area contributed by atoms with Crippen LogP contribution >= 0.6 is 0 Å². The number of para-hydroxylation sites is 2. The first kappa shape index (κ1) is 17.8. The predicted octanol–water partition coefficient (Wildman–Crippen LogP) is 2.11. The number of ether oxygens (including phenoxy) is 1. The van der Waals surface area contributed by atoms with Gasteiger partial charge in [-0.15, -0.1) is 0 Å². The average molecular weight is 355 g/mol. The molecule has 2 aromatic rings. The van der Waals surface area contributed by atoms with Gasteiger partial charge in [0.15, 0.2) is 0 Å². The van der Waals surface area contributed by atoms with Gasteiger partial charge in [0, 0.05) is 18.8 Å². The van der Waals surface area contributed by atoms with Gasteiger partial charge in [-0.1, -0.05) is 12.1 Å². The van der Waals surface area contributed by atoms with Crippen molar-refractivity contribution < 1.29 is 19.4 Å². The highest BCUT2D eigenvalue weighted by Gasteiger charge is 2.19. The highest BCUT2D eigenvalue weighted by Crippen LogP contribution is 2.26. The molecule has 2 amide bonds. The summed E-state index contributed by atoms with van der Waals surface area (Å²) >= 11 is 0. The van der Waals surface area contributed by atoms with Gasteiger partial charge in [-0.3, -0.25) is 9.59 Å². The van der Waals surface area contributed by atoms with Gasteiger partial charge >= 0.3 is 11.8 Å². The monoisotopic (exact) mass is 355 g/mol. The summed E-state index contributed by atoms with van der Waals surface area (Å²) in [5.74, 6) is -1.42. The minimum Gasteiger partial charge on any atom is -0.508 e. The third kappa shape index (κ3) is 4.12. The van der Waals surface area contributed by atoms with Crippen LogP contribution in [-0.2, 0) is 14.3 Å². The number of phenolic OH excluding ortho intramolecular Hbond substituents is 1. The van der Waals surface area contributed by atoms with Crippen molar-refractivity contribution in [3.63, 3.8) is 0 Å². The first-order valence-corrected chi connectivity index (χ1v) is 8.38. The molecule has 1 heterocycles. The zero-order valence-electron chi connectivity index (χ0n) is 14.5. The maximum atomic E-state index is 12.3. The number of carbonyl (C=O) groups is 2. The van der Waals surface area contributed by atoms with Crippen molar-refractivity contribution in [1.29, 1.82) is 0 Å². The van der Waals surface area contributed by atoms with E-state index in [1.807, 2.05) is 18.2 Å². The van der Waals surface area contributed by atoms with E-state index in [1.165, 1.54) is 12.1 Å². The van der Waals surface area contributed by atoms with Crippen LogP contribution in [0.2, 0.25) is 0 Å². The molecule has 0 atom stereocenters. The number of nitrogens with zero attached hydrogens (tertiary/aromatic N) is 1. The maximum Gasteiger partial charge on any atom is 0.314 e. The van der Waals surface area contributed by atoms with E-state index in [4.69, 9.17) is 4.74 Å². The Morgan fingerprint density at radius 2 is 1.65 bits per heavy atom. The first-order chi connectivity index (χ1) is 12.5. The van der Waals surface area contributed by atoms with E-state index in [0.29, 0.717) is 30.2 Å². The molecule has 3 N–H and O–H groups in total. The van der Waals surface area contributed by atoms with E-state index in [9.17, 15) is 14.7 Å². The molecule has 1 aliphatic rings. The molecule has 0 aliphatic carbocycles. The van der Waals surface area contributed by atoms with Crippen LogP contribution in [0.5, 0.6) is 5.75 Å². The number of nitrogens with one attached hydrogen (secondary N) is 2. The molecule has 1 aliphatic heterocycles. The van der Waals surface area contributed by atoms with E-state index in [1.54, 1.807) is 19.1 Å². The molecule has 136 valence electrons. The maximum absolute atomic E-state index is 12.3. The summed E-state index contributed by atoms with van der Waals surface area (Å²) in [6.45, 7) is 4.45. The van der Waals surface area contributed by atoms with Crippen molar-refractivity contribution in [3.8, 4) is 5.75 Å². The molecule has 1 fully saturated rings. The first-order valence-electron chi connectivity index (χ1n) is 8.38. The minimum atomic E-state index is -0.768. The second-order valence-electron chi connectivity index (χ2n) is 6.02. The number of hydrogen-bond donors (Lipinski definition) is 3. The second-order valence-corrected chi connectivity index (χ2v) is 6.02. The molecule has 0 unspecified atom stereocenters. The lowest BCUT2D eigenvalue weighted by molar-refractivity contribution is -0.132. The summed E-state index contributed by atoms with van der Waals surface area (Å²) in [4.78, 5) is 26.6. The van der Waals surface area contributed by atoms with Crippen LogP contribution in [0, 0.1) is 6.92 Å². The van der Waals surface area contributed by atoms with Crippen LogP contribution in [0.1, 0.15) is 5.56 Å². The van der Waals surface area contributed by atoms with E-state index in [0.717, 1.165) is 18.8 Å². The van der Waals surface area contributed by atoms with Gasteiger partial charge in [-0.05, 0) is 42.8 Å². The molecule has 0 aromatic heterocycles. The number of amides is 2. The predicted molar refractivity (Wildman–Crippen MR) is 99.6 cm³/mol. The molecular weight excluding hydrogens is 334 g/mol. The second kappa shape index (κ2) is 7.88. The quantitative estimate of drug-likeness (QED) is 0.579. The summed E-state index contributed by atoms with van der Waals surface area (Å²) in [6.07, 6.45) is 0. The number of morpholine rings is 1. The highest BCUT2D eigenvalue weighted by molar-refractivity contribution is 6.44. The van der Waals surface area contributed by atoms with Gasteiger partial charge < -0.3 is 25.4 Å². The fourth-order valence-electron chi connectivity index (χ4n) is 2.81. The standard InChI is InChI=1S/C19H21N3O4/c1-13-12-14(23)6-7-15(13)20-18(24)19(25)21-16-4-2-3-5-17(16)22-8-10-26-11-9-22/h2-7,12,23H,8-11H2,1H3,(H,20,24)(H,21,25). The molecule has 2 aromatic carbocycles. The Bertz CT molecular complexity index is 816. The van der Waals surface area contributed by atoms with Gasteiger partial charge in [0.05, 0.1) is 24.6 Å². The van der Waals surface area contributed by atoms with Crippen molar-refractivity contribution in [2.24, 2.45) is 0 Å². The fourth-order valence-corrected chi connectivity index (χ4v) is 2.81. The van der Waals surface area contributed by atoms with Crippen molar-refractivity contribution in [2.45, 2.75) is 6.92 Å². The Morgan fingerprint density at radius 3 is 2.35 bits per heavy atom. The largest absolute Gasteiger partial charge is 0.508 e. The Kier molecular flexibility index (Phi) is 5.38. The van der Waals surface area contributed by atoms with Gasteiger partial charge in [-0.25, -0.2) is 0 Å². The van der Waals surface area contributed by atoms with Crippen LogP contribution in [0.3, 0.4) is 0 Å². The number of hydrogen-bond acceptors (Lipinski definition) is 5. The van der Waals surface area contributed by atoms with E-state index in [2.05, 4.69) is 15.5 Å². The molecule has 0 bridgehead atoms. The van der Waals surface area contributed by atoms with E-state index < -0.39 is 11.8 Å². The summed E-state index contributed by atoms with van der Waals surface area (Å²) in [5, 5.41) is 14.7. The summed E-state index contributed by atoms with van der Waals surface area (Å²) in [7, 11) is 0. The number of carbonyl (C=O) groups excluding carboxylic acids is 2. The molecule has 0 radical (unpaired) electrons. The number of benzene rings is 2. The molecule has 1 saturated heterocycles. The SMILES string of the molecule is Cc1cc(O)ccc1NC(=O)C(=O)Nc1ccccc1N1CCOCC1. The molecule has 3 rings (SSSR count). The number of rotatable bonds is 3. The van der Waals surface area contributed by atoms with Crippen LogP contribution in [-0.4, -0.2) is 43.2 Å². The van der Waals surface area contributed by atoms with Crippen molar-refractivity contribution >= 4 is 28.9 Å². The van der Waals surface area contributed by atoms with Crippen LogP contribution in [0.25, 0.3) is 0 Å². The van der Waals surface area contributed by atoms with Gasteiger partial charge in [0.25, 0.3) is 0 Å². The van der Waals surface area contributed by atoms with Gasteiger partial charge in [0.1, 0.15) is 5.75 Å². The Hall–Kier alpha value is -3.06. The number of phenols is 1. The molecule has 0 saturated carbocycles. The Labute approximate surface area is 151 Å². The third-order valence-corrected chi connectivity index (χ3v) is 4.17. The van der Waals surface area contributed by atoms with Crippen LogP contribution in [0.4, 0.5) is 17.1 Å². The molecule has 26 heavy (non-hydrogen) atoms. The fraction of sp³-hybridized carbons (Fsp3) is 0.263. The number of aryl methyl sites for hydroxylation is 1. The Morgan fingerprint density at radius 1 is 1.00 bits per heavy atom. The van der Waals surface area contributed by atoms with Gasteiger partial charge in [0.2, 0.25) is 0 Å². The minimum absolute atomic E-state index is 0.101. The van der Waals surface area contributed by atoms with Crippen molar-refractivity contribution in [1.82, 2.24) is 0 Å². The Balaban J connectivity index is 1.70. The summed E-state index contributed by atoms with van der Waals surface area (Å²) in [6, 6.07) is 11.9. The summed E-state index contributed by atoms with van der Waals surface area (Å²) < 4.78 is 5.36. The molecule has 0 spiro atoms. The smallest absolute Gasteiger partial charge is 0.314 e. The number of anilines is 3. The zero-order valence-corrected chi connectivity index (χ0v) is 14.5. The normalized spacial score (nSPS) is 14.0. The van der Waals surface area contributed by atoms with E-state index >= 15 is 0 Å². The van der Waals surface area contributed by atoms with Gasteiger partial charge in [-0.2, -0.15) is 0 Å². The topological polar surface area (TPSA) is 90.9 Å². The number of aromatic hydroxyl groups is 1. The molecule has 7 heteroatoms. The lowest BCUT2D eigenvalue weighted by Crippen LogP contribution is -2.37. The average Bonchev–Trinajstić information content (AvgIpc) is 2.65. The van der Waals surface area contributed by atoms with E-state index in [-0.39, 0.29) is 5.75 Å². The lowest BCUT2D eigenvalue weighted by Gasteiger charge is -2.30. The van der Waals surface area contributed by atoms with Crippen LogP contribution in [0.15, 0.2) is 42.5 Å². The lowest BCUT2D eigenvalue weighted by atomic mass is 10.2. The highest BCUT2D eigenvalue weighted by atomic mass is 16.5. The van der Waals surface area contributed by atoms with Crippen molar-refractivity contribution in [3.05, 3.63) is 48.0 Å². The molecule has 7 nitrogen and oxygen atoms in total. The van der Waals surface area contributed by atoms with Crippen LogP contribution < -0.4 is 15.5 Å².